The molecule has 2 rings (SSSR count). The molecule has 0 atom stereocenters. The van der Waals surface area contributed by atoms with Crippen LogP contribution in [0.25, 0.3) is 11.0 Å². The van der Waals surface area contributed by atoms with Crippen molar-refractivity contribution in [3.63, 3.8) is 0 Å². The molecule has 0 spiro atoms. The van der Waals surface area contributed by atoms with Gasteiger partial charge in [-0.15, -0.1) is 12.4 Å². The van der Waals surface area contributed by atoms with Crippen LogP contribution in [0.2, 0.25) is 10.0 Å². The molecule has 2 aromatic rings. The van der Waals surface area contributed by atoms with E-state index in [-0.39, 0.29) is 17.8 Å². The highest BCUT2D eigenvalue weighted by molar-refractivity contribution is 6.38. The zero-order chi connectivity index (χ0) is 11.7. The Morgan fingerprint density at radius 2 is 1.94 bits per heavy atom. The number of benzene rings is 1. The van der Waals surface area contributed by atoms with Crippen LogP contribution in [0.3, 0.4) is 0 Å². The smallest absolute Gasteiger partial charge is 0.193 e. The second-order valence-corrected chi connectivity index (χ2v) is 4.22. The van der Waals surface area contributed by atoms with Crippen molar-refractivity contribution in [2.75, 3.05) is 6.54 Å². The van der Waals surface area contributed by atoms with Gasteiger partial charge in [-0.2, -0.15) is 0 Å². The molecule has 0 saturated heterocycles. The van der Waals surface area contributed by atoms with Crippen molar-refractivity contribution in [1.82, 2.24) is 0 Å². The van der Waals surface area contributed by atoms with Crippen LogP contribution in [-0.2, 0) is 6.42 Å². The summed E-state index contributed by atoms with van der Waals surface area (Å²) < 4.78 is 5.50. The van der Waals surface area contributed by atoms with Crippen molar-refractivity contribution >= 4 is 46.6 Å². The van der Waals surface area contributed by atoms with Gasteiger partial charge in [-0.25, -0.2) is 0 Å². The first kappa shape index (κ1) is 14.3. The number of fused-ring (bicyclic) bond motifs is 1. The van der Waals surface area contributed by atoms with Crippen LogP contribution in [0.15, 0.2) is 27.4 Å². The molecule has 0 unspecified atom stereocenters. The highest BCUT2D eigenvalue weighted by Crippen LogP contribution is 2.26. The van der Waals surface area contributed by atoms with E-state index >= 15 is 0 Å². The topological polar surface area (TPSA) is 56.2 Å². The van der Waals surface area contributed by atoms with E-state index in [0.717, 1.165) is 0 Å². The Morgan fingerprint density at radius 3 is 2.59 bits per heavy atom. The number of hydrogen-bond acceptors (Lipinski definition) is 3. The summed E-state index contributed by atoms with van der Waals surface area (Å²) in [5.74, 6) is 0.532. The predicted molar refractivity (Wildman–Crippen MR) is 72.5 cm³/mol. The highest BCUT2D eigenvalue weighted by Gasteiger charge is 2.09. The molecule has 0 amide bonds. The van der Waals surface area contributed by atoms with Crippen molar-refractivity contribution in [2.24, 2.45) is 5.73 Å². The van der Waals surface area contributed by atoms with Gasteiger partial charge in [0, 0.05) is 17.5 Å². The summed E-state index contributed by atoms with van der Waals surface area (Å²) in [6, 6.07) is 4.50. The molecule has 1 heterocycles. The van der Waals surface area contributed by atoms with E-state index in [9.17, 15) is 4.79 Å². The van der Waals surface area contributed by atoms with Gasteiger partial charge in [0.25, 0.3) is 0 Å². The third-order valence-corrected chi connectivity index (χ3v) is 2.69. The van der Waals surface area contributed by atoms with Crippen molar-refractivity contribution in [1.29, 1.82) is 0 Å². The predicted octanol–water partition coefficient (Wildman–Crippen LogP) is 3.02. The molecule has 2 N–H and O–H groups in total. The summed E-state index contributed by atoms with van der Waals surface area (Å²) >= 11 is 11.8. The molecule has 6 heteroatoms. The van der Waals surface area contributed by atoms with Gasteiger partial charge in [-0.3, -0.25) is 4.79 Å². The molecular weight excluding hydrogens is 284 g/mol. The quantitative estimate of drug-likeness (QED) is 0.926. The molecule has 92 valence electrons. The maximum absolute atomic E-state index is 11.8. The second-order valence-electron chi connectivity index (χ2n) is 3.38. The second kappa shape index (κ2) is 5.74. The van der Waals surface area contributed by atoms with E-state index in [1.54, 1.807) is 12.1 Å². The fourth-order valence-corrected chi connectivity index (χ4v) is 2.03. The molecule has 1 aromatic heterocycles. The number of nitrogens with two attached hydrogens (primary N) is 1. The van der Waals surface area contributed by atoms with Crippen LogP contribution in [-0.4, -0.2) is 6.54 Å². The van der Waals surface area contributed by atoms with E-state index in [0.29, 0.717) is 39.7 Å². The first-order valence-electron chi connectivity index (χ1n) is 4.73. The Morgan fingerprint density at radius 1 is 1.24 bits per heavy atom. The molecule has 0 aliphatic heterocycles. The Labute approximate surface area is 114 Å². The fourth-order valence-electron chi connectivity index (χ4n) is 1.50. The minimum Gasteiger partial charge on any atom is -0.459 e. The minimum absolute atomic E-state index is 0. The molecule has 0 radical (unpaired) electrons. The van der Waals surface area contributed by atoms with Crippen molar-refractivity contribution < 1.29 is 4.42 Å². The summed E-state index contributed by atoms with van der Waals surface area (Å²) in [4.78, 5) is 11.8. The Balaban J connectivity index is 0.00000144. The SMILES string of the molecule is Cl.NCCc1cc(=O)c2cc(Cl)cc(Cl)c2o1. The van der Waals surface area contributed by atoms with Crippen LogP contribution < -0.4 is 11.2 Å². The summed E-state index contributed by atoms with van der Waals surface area (Å²) in [6.07, 6.45) is 0.504. The standard InChI is InChI=1S/C11H9Cl2NO2.ClH/c12-6-3-8-10(15)5-7(1-2-14)16-11(8)9(13)4-6;/h3-5H,1-2,14H2;1H. The first-order chi connectivity index (χ1) is 7.61. The highest BCUT2D eigenvalue weighted by atomic mass is 35.5. The molecule has 0 aliphatic rings. The van der Waals surface area contributed by atoms with Gasteiger partial charge in [0.05, 0.1) is 10.4 Å². The van der Waals surface area contributed by atoms with Crippen molar-refractivity contribution in [3.05, 3.63) is 44.2 Å². The molecule has 0 fully saturated rings. The van der Waals surface area contributed by atoms with Crippen molar-refractivity contribution in [3.8, 4) is 0 Å². The average Bonchev–Trinajstić information content (AvgIpc) is 2.20. The summed E-state index contributed by atoms with van der Waals surface area (Å²) in [5.41, 5.74) is 5.61. The van der Waals surface area contributed by atoms with Gasteiger partial charge >= 0.3 is 0 Å². The van der Waals surface area contributed by atoms with E-state index in [4.69, 9.17) is 33.4 Å². The van der Waals surface area contributed by atoms with E-state index in [1.165, 1.54) is 6.07 Å². The monoisotopic (exact) mass is 293 g/mol. The molecule has 0 saturated carbocycles. The van der Waals surface area contributed by atoms with Crippen LogP contribution in [0.1, 0.15) is 5.76 Å². The van der Waals surface area contributed by atoms with Gasteiger partial charge in [0.2, 0.25) is 0 Å². The third-order valence-electron chi connectivity index (χ3n) is 2.19. The molecule has 3 nitrogen and oxygen atoms in total. The average molecular weight is 295 g/mol. The minimum atomic E-state index is -0.158. The zero-order valence-electron chi connectivity index (χ0n) is 8.70. The zero-order valence-corrected chi connectivity index (χ0v) is 11.0. The van der Waals surface area contributed by atoms with Crippen LogP contribution in [0, 0.1) is 0 Å². The summed E-state index contributed by atoms with van der Waals surface area (Å²) in [6.45, 7) is 0.416. The Bertz CT molecular complexity index is 595. The molecule has 1 aromatic carbocycles. The third kappa shape index (κ3) is 2.93. The first-order valence-corrected chi connectivity index (χ1v) is 5.49. The normalized spacial score (nSPS) is 10.3. The Hall–Kier alpha value is -0.740. The maximum atomic E-state index is 11.8. The van der Waals surface area contributed by atoms with Crippen LogP contribution in [0.4, 0.5) is 0 Å². The van der Waals surface area contributed by atoms with Gasteiger partial charge < -0.3 is 10.2 Å². The lowest BCUT2D eigenvalue weighted by Crippen LogP contribution is -2.07. The molecule has 0 aliphatic carbocycles. The molecule has 0 bridgehead atoms. The maximum Gasteiger partial charge on any atom is 0.193 e. The largest absolute Gasteiger partial charge is 0.459 e. The lowest BCUT2D eigenvalue weighted by Gasteiger charge is -2.03. The lowest BCUT2D eigenvalue weighted by molar-refractivity contribution is 0.537. The van der Waals surface area contributed by atoms with Crippen molar-refractivity contribution in [2.45, 2.75) is 6.42 Å². The van der Waals surface area contributed by atoms with E-state index in [2.05, 4.69) is 0 Å². The summed E-state index contributed by atoms with van der Waals surface area (Å²) in [7, 11) is 0. The number of halogens is 3. The number of hydrogen-bond donors (Lipinski definition) is 1. The van der Waals surface area contributed by atoms with Crippen LogP contribution in [0.5, 0.6) is 0 Å². The van der Waals surface area contributed by atoms with Crippen LogP contribution >= 0.6 is 35.6 Å². The van der Waals surface area contributed by atoms with Gasteiger partial charge in [-0.05, 0) is 18.7 Å². The van der Waals surface area contributed by atoms with Gasteiger partial charge in [0.1, 0.15) is 5.76 Å². The molecule has 17 heavy (non-hydrogen) atoms. The number of rotatable bonds is 2. The Kier molecular flexibility index (Phi) is 4.83. The molecular formula is C11H10Cl3NO2. The van der Waals surface area contributed by atoms with E-state index < -0.39 is 0 Å². The van der Waals surface area contributed by atoms with Gasteiger partial charge in [-0.1, -0.05) is 23.2 Å². The van der Waals surface area contributed by atoms with Gasteiger partial charge in [0.15, 0.2) is 11.0 Å². The lowest BCUT2D eigenvalue weighted by atomic mass is 10.2. The van der Waals surface area contributed by atoms with E-state index in [1.807, 2.05) is 0 Å². The summed E-state index contributed by atoms with van der Waals surface area (Å²) in [5, 5.41) is 1.13. The fraction of sp³-hybridized carbons (Fsp3) is 0.182.